The van der Waals surface area contributed by atoms with Gasteiger partial charge in [-0.25, -0.2) is 0 Å². The normalized spacial score (nSPS) is 16.2. The van der Waals surface area contributed by atoms with Crippen molar-refractivity contribution in [1.82, 2.24) is 15.0 Å². The lowest BCUT2D eigenvalue weighted by atomic mass is 10.1. The van der Waals surface area contributed by atoms with Gasteiger partial charge in [0.1, 0.15) is 11.5 Å². The Labute approximate surface area is 129 Å². The first-order valence-corrected chi connectivity index (χ1v) is 7.54. The van der Waals surface area contributed by atoms with E-state index in [2.05, 4.69) is 10.1 Å². The fourth-order valence-electron chi connectivity index (χ4n) is 2.77. The van der Waals surface area contributed by atoms with E-state index in [4.69, 9.17) is 8.94 Å². The van der Waals surface area contributed by atoms with Crippen molar-refractivity contribution >= 4 is 5.91 Å². The Balaban J connectivity index is 1.57. The van der Waals surface area contributed by atoms with E-state index in [1.165, 1.54) is 0 Å². The van der Waals surface area contributed by atoms with Gasteiger partial charge in [0.05, 0.1) is 5.69 Å². The third kappa shape index (κ3) is 2.92. The van der Waals surface area contributed by atoms with Gasteiger partial charge >= 0.3 is 0 Å². The van der Waals surface area contributed by atoms with Crippen molar-refractivity contribution in [3.63, 3.8) is 0 Å². The average Bonchev–Trinajstić information content (AvgIpc) is 3.08. The lowest BCUT2D eigenvalue weighted by Crippen LogP contribution is -2.48. The molecule has 1 saturated heterocycles. The zero-order chi connectivity index (χ0) is 15.7. The molecule has 0 atom stereocenters. The minimum atomic E-state index is -0.0231. The van der Waals surface area contributed by atoms with Crippen molar-refractivity contribution in [3.8, 4) is 0 Å². The van der Waals surface area contributed by atoms with E-state index in [0.717, 1.165) is 42.4 Å². The Hall–Kier alpha value is -2.08. The lowest BCUT2D eigenvalue weighted by molar-refractivity contribution is 0.0595. The number of aromatic nitrogens is 1. The SMILES string of the molecule is Cc1ccc(C(=O)N2CCN(Cc3c(C)noc3C)CC2)o1. The van der Waals surface area contributed by atoms with Gasteiger partial charge in [-0.3, -0.25) is 9.69 Å². The number of furan rings is 1. The molecule has 3 rings (SSSR count). The van der Waals surface area contributed by atoms with Crippen molar-refractivity contribution in [2.75, 3.05) is 26.2 Å². The average molecular weight is 303 g/mol. The summed E-state index contributed by atoms with van der Waals surface area (Å²) in [6.45, 7) is 9.68. The summed E-state index contributed by atoms with van der Waals surface area (Å²) in [6, 6.07) is 3.56. The molecule has 0 bridgehead atoms. The first-order chi connectivity index (χ1) is 10.5. The fourth-order valence-corrected chi connectivity index (χ4v) is 2.77. The van der Waals surface area contributed by atoms with Gasteiger partial charge in [-0.2, -0.15) is 0 Å². The van der Waals surface area contributed by atoms with Gasteiger partial charge in [-0.05, 0) is 32.9 Å². The zero-order valence-electron chi connectivity index (χ0n) is 13.3. The molecule has 3 heterocycles. The molecule has 0 aliphatic carbocycles. The van der Waals surface area contributed by atoms with Gasteiger partial charge in [0, 0.05) is 38.3 Å². The number of amides is 1. The molecule has 0 saturated carbocycles. The van der Waals surface area contributed by atoms with Crippen LogP contribution in [0.1, 0.15) is 33.3 Å². The molecular weight excluding hydrogens is 282 g/mol. The van der Waals surface area contributed by atoms with E-state index in [1.54, 1.807) is 6.07 Å². The molecule has 1 aliphatic rings. The molecule has 0 spiro atoms. The van der Waals surface area contributed by atoms with Gasteiger partial charge in [0.25, 0.3) is 5.91 Å². The molecule has 0 N–H and O–H groups in total. The first-order valence-electron chi connectivity index (χ1n) is 7.54. The molecule has 2 aromatic rings. The molecule has 1 amide bonds. The summed E-state index contributed by atoms with van der Waals surface area (Å²) >= 11 is 0. The maximum Gasteiger partial charge on any atom is 0.289 e. The quantitative estimate of drug-likeness (QED) is 0.869. The van der Waals surface area contributed by atoms with Crippen LogP contribution in [0.15, 0.2) is 21.1 Å². The predicted octanol–water partition coefficient (Wildman–Crippen LogP) is 2.15. The molecule has 2 aromatic heterocycles. The second kappa shape index (κ2) is 5.96. The van der Waals surface area contributed by atoms with Gasteiger partial charge < -0.3 is 13.8 Å². The second-order valence-corrected chi connectivity index (χ2v) is 5.78. The molecule has 0 unspecified atom stereocenters. The van der Waals surface area contributed by atoms with Crippen LogP contribution in [-0.4, -0.2) is 47.0 Å². The van der Waals surface area contributed by atoms with Crippen LogP contribution in [0.4, 0.5) is 0 Å². The molecule has 6 heteroatoms. The van der Waals surface area contributed by atoms with Crippen LogP contribution in [0.3, 0.4) is 0 Å². The van der Waals surface area contributed by atoms with E-state index in [1.807, 2.05) is 31.7 Å². The van der Waals surface area contributed by atoms with Crippen molar-refractivity contribution in [3.05, 3.63) is 40.7 Å². The Morgan fingerprint density at radius 3 is 2.45 bits per heavy atom. The highest BCUT2D eigenvalue weighted by molar-refractivity contribution is 5.91. The summed E-state index contributed by atoms with van der Waals surface area (Å²) in [7, 11) is 0. The Morgan fingerprint density at radius 2 is 1.91 bits per heavy atom. The van der Waals surface area contributed by atoms with Crippen LogP contribution in [0, 0.1) is 20.8 Å². The van der Waals surface area contributed by atoms with Crippen LogP contribution in [-0.2, 0) is 6.54 Å². The van der Waals surface area contributed by atoms with E-state index in [0.29, 0.717) is 18.8 Å². The Morgan fingerprint density at radius 1 is 1.18 bits per heavy atom. The number of rotatable bonds is 3. The van der Waals surface area contributed by atoms with E-state index in [9.17, 15) is 4.79 Å². The molecule has 22 heavy (non-hydrogen) atoms. The number of carbonyl (C=O) groups is 1. The van der Waals surface area contributed by atoms with Crippen LogP contribution in [0.5, 0.6) is 0 Å². The van der Waals surface area contributed by atoms with Crippen molar-refractivity contribution < 1.29 is 13.7 Å². The second-order valence-electron chi connectivity index (χ2n) is 5.78. The van der Waals surface area contributed by atoms with Gasteiger partial charge in [0.2, 0.25) is 0 Å². The van der Waals surface area contributed by atoms with Gasteiger partial charge in [0.15, 0.2) is 5.76 Å². The minimum Gasteiger partial charge on any atom is -0.456 e. The molecule has 0 radical (unpaired) electrons. The number of carbonyl (C=O) groups excluding carboxylic acids is 1. The summed E-state index contributed by atoms with van der Waals surface area (Å²) in [5.74, 6) is 2.05. The summed E-state index contributed by atoms with van der Waals surface area (Å²) in [5, 5.41) is 3.99. The van der Waals surface area contributed by atoms with Crippen molar-refractivity contribution in [1.29, 1.82) is 0 Å². The highest BCUT2D eigenvalue weighted by atomic mass is 16.5. The van der Waals surface area contributed by atoms with Gasteiger partial charge in [-0.15, -0.1) is 0 Å². The number of hydrogen-bond donors (Lipinski definition) is 0. The Bertz CT molecular complexity index is 646. The number of nitrogens with zero attached hydrogens (tertiary/aromatic N) is 3. The van der Waals surface area contributed by atoms with E-state index >= 15 is 0 Å². The number of aryl methyl sites for hydroxylation is 3. The highest BCUT2D eigenvalue weighted by Gasteiger charge is 2.25. The molecular formula is C16H21N3O3. The third-order valence-corrected chi connectivity index (χ3v) is 4.17. The van der Waals surface area contributed by atoms with Crippen LogP contribution in [0.25, 0.3) is 0 Å². The first kappa shape index (κ1) is 14.8. The molecule has 118 valence electrons. The summed E-state index contributed by atoms with van der Waals surface area (Å²) in [4.78, 5) is 16.5. The molecule has 6 nitrogen and oxygen atoms in total. The third-order valence-electron chi connectivity index (χ3n) is 4.17. The maximum absolute atomic E-state index is 12.3. The largest absolute Gasteiger partial charge is 0.456 e. The van der Waals surface area contributed by atoms with E-state index < -0.39 is 0 Å². The van der Waals surface area contributed by atoms with Crippen LogP contribution < -0.4 is 0 Å². The Kier molecular flexibility index (Phi) is 4.02. The van der Waals surface area contributed by atoms with Gasteiger partial charge in [-0.1, -0.05) is 5.16 Å². The predicted molar refractivity (Wildman–Crippen MR) is 80.6 cm³/mol. The monoisotopic (exact) mass is 303 g/mol. The molecule has 1 aliphatic heterocycles. The zero-order valence-corrected chi connectivity index (χ0v) is 13.3. The summed E-state index contributed by atoms with van der Waals surface area (Å²) < 4.78 is 10.6. The maximum atomic E-state index is 12.3. The highest BCUT2D eigenvalue weighted by Crippen LogP contribution is 2.17. The van der Waals surface area contributed by atoms with Crippen LogP contribution >= 0.6 is 0 Å². The van der Waals surface area contributed by atoms with Crippen molar-refractivity contribution in [2.45, 2.75) is 27.3 Å². The topological polar surface area (TPSA) is 62.7 Å². The molecule has 0 aromatic carbocycles. The summed E-state index contributed by atoms with van der Waals surface area (Å²) in [6.07, 6.45) is 0. The molecule has 1 fully saturated rings. The number of hydrogen-bond acceptors (Lipinski definition) is 5. The number of piperazine rings is 1. The standard InChI is InChI=1S/C16H21N3O3/c1-11-4-5-15(21-11)16(20)19-8-6-18(7-9-19)10-14-12(2)17-22-13(14)3/h4-5H,6-10H2,1-3H3. The van der Waals surface area contributed by atoms with Crippen molar-refractivity contribution in [2.24, 2.45) is 0 Å². The van der Waals surface area contributed by atoms with E-state index in [-0.39, 0.29) is 5.91 Å². The minimum absolute atomic E-state index is 0.0231. The lowest BCUT2D eigenvalue weighted by Gasteiger charge is -2.34. The van der Waals surface area contributed by atoms with Crippen LogP contribution in [0.2, 0.25) is 0 Å². The fraction of sp³-hybridized carbons (Fsp3) is 0.500. The smallest absolute Gasteiger partial charge is 0.289 e. The summed E-state index contributed by atoms with van der Waals surface area (Å²) in [5.41, 5.74) is 2.10.